The first-order chi connectivity index (χ1) is 14.0. The van der Waals surface area contributed by atoms with Crippen molar-refractivity contribution in [3.63, 3.8) is 0 Å². The lowest BCUT2D eigenvalue weighted by atomic mass is 10.1. The van der Waals surface area contributed by atoms with Gasteiger partial charge in [0.25, 0.3) is 0 Å². The molecule has 0 amide bonds. The number of aromatic nitrogens is 2. The lowest BCUT2D eigenvalue weighted by molar-refractivity contribution is -0.671. The van der Waals surface area contributed by atoms with E-state index in [0.717, 1.165) is 38.5 Å². The molecule has 0 aliphatic heterocycles. The van der Waals surface area contributed by atoms with Crippen LogP contribution in [0.15, 0.2) is 18.7 Å². The van der Waals surface area contributed by atoms with E-state index in [1.165, 1.54) is 25.7 Å². The third-order valence-corrected chi connectivity index (χ3v) is 4.94. The molecule has 0 fully saturated rings. The molecule has 30 heavy (non-hydrogen) atoms. The molecule has 0 N–H and O–H groups in total. The Hall–Kier alpha value is -1.56. The van der Waals surface area contributed by atoms with Crippen LogP contribution in [0.2, 0.25) is 0 Å². The van der Waals surface area contributed by atoms with Crippen molar-refractivity contribution in [2.45, 2.75) is 104 Å². The van der Waals surface area contributed by atoms with Crippen molar-refractivity contribution in [3.8, 4) is 0 Å². The maximum Gasteiger partial charge on any atom is 0.306 e. The van der Waals surface area contributed by atoms with Crippen molar-refractivity contribution in [1.82, 2.24) is 4.57 Å². The predicted octanol–water partition coefficient (Wildman–Crippen LogP) is 1.49. The summed E-state index contributed by atoms with van der Waals surface area (Å²) in [4.78, 5) is 24.2. The first-order valence-corrected chi connectivity index (χ1v) is 11.4. The van der Waals surface area contributed by atoms with E-state index in [-0.39, 0.29) is 31.0 Å². The Morgan fingerprint density at radius 1 is 0.900 bits per heavy atom. The number of esters is 2. The first kappa shape index (κ1) is 28.4. The smallest absolute Gasteiger partial charge is 0.306 e. The van der Waals surface area contributed by atoms with Gasteiger partial charge in [0, 0.05) is 12.8 Å². The largest absolute Gasteiger partial charge is 1.00 e. The van der Waals surface area contributed by atoms with E-state index in [0.29, 0.717) is 19.4 Å². The molecule has 1 aromatic heterocycles. The van der Waals surface area contributed by atoms with E-state index >= 15 is 0 Å². The van der Waals surface area contributed by atoms with Gasteiger partial charge in [-0.3, -0.25) is 9.59 Å². The monoisotopic (exact) mass is 444 g/mol. The highest BCUT2D eigenvalue weighted by Gasteiger charge is 2.20. The van der Waals surface area contributed by atoms with Gasteiger partial charge in [-0.05, 0) is 12.8 Å². The highest BCUT2D eigenvalue weighted by molar-refractivity contribution is 5.70. The third kappa shape index (κ3) is 14.4. The minimum atomic E-state index is -0.463. The van der Waals surface area contributed by atoms with Gasteiger partial charge in [-0.1, -0.05) is 65.2 Å². The molecular weight excluding hydrogens is 404 g/mol. The molecule has 0 bridgehead atoms. The molecule has 0 aromatic carbocycles. The molecule has 1 heterocycles. The number of rotatable bonds is 17. The summed E-state index contributed by atoms with van der Waals surface area (Å²) in [5.74, 6) is -0.418. The number of hydrogen-bond donors (Lipinski definition) is 0. The normalized spacial score (nSPS) is 11.6. The Labute approximate surface area is 188 Å². The number of ether oxygens (including phenoxy) is 2. The number of hydrogen-bond acceptors (Lipinski definition) is 4. The Kier molecular flexibility index (Phi) is 17.3. The summed E-state index contributed by atoms with van der Waals surface area (Å²) in [6.07, 6.45) is 17.1. The van der Waals surface area contributed by atoms with Crippen molar-refractivity contribution >= 4 is 11.9 Å². The second kappa shape index (κ2) is 18.2. The zero-order valence-corrected chi connectivity index (χ0v) is 19.9. The van der Waals surface area contributed by atoms with E-state index in [1.54, 1.807) is 0 Å². The zero-order valence-electron chi connectivity index (χ0n) is 19.1. The number of carbonyl (C=O) groups is 2. The van der Waals surface area contributed by atoms with Crippen LogP contribution < -0.4 is 17.0 Å². The Balaban J connectivity index is 0.00000841. The van der Waals surface area contributed by atoms with Gasteiger partial charge in [-0.25, -0.2) is 9.13 Å². The number of nitrogens with zero attached hydrogens (tertiary/aromatic N) is 2. The second-order valence-corrected chi connectivity index (χ2v) is 7.90. The van der Waals surface area contributed by atoms with Crippen LogP contribution in [-0.4, -0.2) is 29.2 Å². The molecule has 0 aliphatic rings. The average molecular weight is 445 g/mol. The lowest BCUT2D eigenvalue weighted by Crippen LogP contribution is -3.00. The summed E-state index contributed by atoms with van der Waals surface area (Å²) in [6.45, 7) is 4.93. The Morgan fingerprint density at radius 2 is 1.47 bits per heavy atom. The predicted molar refractivity (Wildman–Crippen MR) is 113 cm³/mol. The topological polar surface area (TPSA) is 61.4 Å². The molecular formula is C23H41ClN2O4. The highest BCUT2D eigenvalue weighted by atomic mass is 35.5. The van der Waals surface area contributed by atoms with E-state index in [4.69, 9.17) is 9.47 Å². The van der Waals surface area contributed by atoms with Gasteiger partial charge in [-0.2, -0.15) is 0 Å². The van der Waals surface area contributed by atoms with Crippen molar-refractivity contribution in [2.75, 3.05) is 6.61 Å². The van der Waals surface area contributed by atoms with Gasteiger partial charge in [-0.15, -0.1) is 0 Å². The van der Waals surface area contributed by atoms with Crippen LogP contribution >= 0.6 is 0 Å². The fraction of sp³-hybridized carbons (Fsp3) is 0.783. The second-order valence-electron chi connectivity index (χ2n) is 7.90. The van der Waals surface area contributed by atoms with Crippen molar-refractivity contribution in [3.05, 3.63) is 18.7 Å². The molecule has 1 atom stereocenters. The zero-order chi connectivity index (χ0) is 21.3. The molecule has 1 rings (SSSR count). The van der Waals surface area contributed by atoms with Gasteiger partial charge < -0.3 is 21.9 Å². The van der Waals surface area contributed by atoms with Crippen LogP contribution in [0.3, 0.4) is 0 Å². The summed E-state index contributed by atoms with van der Waals surface area (Å²) in [6, 6.07) is 0. The molecule has 1 aromatic rings. The molecule has 0 saturated carbocycles. The van der Waals surface area contributed by atoms with Gasteiger partial charge in [0.2, 0.25) is 6.33 Å². The summed E-state index contributed by atoms with van der Waals surface area (Å²) in [5, 5.41) is 0. The van der Waals surface area contributed by atoms with E-state index in [1.807, 2.05) is 34.9 Å². The van der Waals surface area contributed by atoms with Crippen molar-refractivity contribution < 1.29 is 36.0 Å². The van der Waals surface area contributed by atoms with Gasteiger partial charge in [0.05, 0.1) is 7.05 Å². The van der Waals surface area contributed by atoms with E-state index in [2.05, 4.69) is 13.8 Å². The van der Waals surface area contributed by atoms with Gasteiger partial charge in [0.15, 0.2) is 6.10 Å². The highest BCUT2D eigenvalue weighted by Crippen LogP contribution is 2.09. The van der Waals surface area contributed by atoms with Gasteiger partial charge in [0.1, 0.15) is 25.5 Å². The van der Waals surface area contributed by atoms with Crippen LogP contribution in [0.4, 0.5) is 0 Å². The minimum Gasteiger partial charge on any atom is -1.00 e. The maximum atomic E-state index is 12.2. The van der Waals surface area contributed by atoms with Crippen LogP contribution in [0.1, 0.15) is 90.9 Å². The summed E-state index contributed by atoms with van der Waals surface area (Å²) in [5.41, 5.74) is 0. The van der Waals surface area contributed by atoms with Crippen LogP contribution in [0.25, 0.3) is 0 Å². The summed E-state index contributed by atoms with van der Waals surface area (Å²) < 4.78 is 14.9. The van der Waals surface area contributed by atoms with Crippen molar-refractivity contribution in [2.24, 2.45) is 7.05 Å². The standard InChI is InChI=1S/C23H41N2O4.ClH/c1-4-6-8-10-12-14-22(26)28-19-21(18-25-17-16-24(3)20-25)29-23(27)15-13-11-9-7-5-2;/h16-17,20-21H,4-15,18-19H2,1-3H3;1H/q+1;/p-1/t21-;/m0./s1. The molecule has 7 heteroatoms. The Morgan fingerprint density at radius 3 is 2.00 bits per heavy atom. The van der Waals surface area contributed by atoms with Crippen LogP contribution in [-0.2, 0) is 32.7 Å². The number of aryl methyl sites for hydroxylation is 1. The third-order valence-electron chi connectivity index (χ3n) is 4.94. The van der Waals surface area contributed by atoms with Crippen molar-refractivity contribution in [1.29, 1.82) is 0 Å². The number of unbranched alkanes of at least 4 members (excludes halogenated alkanes) is 8. The summed E-state index contributed by atoms with van der Waals surface area (Å²) in [7, 11) is 1.94. The molecule has 0 aliphatic carbocycles. The van der Waals surface area contributed by atoms with E-state index < -0.39 is 6.10 Å². The Bertz CT molecular complexity index is 577. The molecule has 174 valence electrons. The number of halogens is 1. The minimum absolute atomic E-state index is 0. The van der Waals surface area contributed by atoms with Crippen LogP contribution in [0.5, 0.6) is 0 Å². The molecule has 0 spiro atoms. The number of imidazole rings is 1. The van der Waals surface area contributed by atoms with E-state index in [9.17, 15) is 9.59 Å². The first-order valence-electron chi connectivity index (χ1n) is 11.4. The molecule has 6 nitrogen and oxygen atoms in total. The fourth-order valence-electron chi connectivity index (χ4n) is 3.22. The maximum absolute atomic E-state index is 12.2. The quantitative estimate of drug-likeness (QED) is 0.207. The number of carbonyl (C=O) groups excluding carboxylic acids is 2. The average Bonchev–Trinajstić information content (AvgIpc) is 3.10. The summed E-state index contributed by atoms with van der Waals surface area (Å²) >= 11 is 0. The SMILES string of the molecule is CCCCCCCC(=O)OC[C@H](Cn1cc[n+](C)c1)OC(=O)CCCCCCC.[Cl-]. The molecule has 0 radical (unpaired) electrons. The molecule has 0 unspecified atom stereocenters. The lowest BCUT2D eigenvalue weighted by Gasteiger charge is -2.16. The molecule has 0 saturated heterocycles. The van der Waals surface area contributed by atoms with Gasteiger partial charge >= 0.3 is 11.9 Å². The fourth-order valence-corrected chi connectivity index (χ4v) is 3.22. The van der Waals surface area contributed by atoms with Crippen LogP contribution in [0, 0.1) is 0 Å².